The van der Waals surface area contributed by atoms with Crippen LogP contribution in [0.5, 0.6) is 0 Å². The van der Waals surface area contributed by atoms with Crippen molar-refractivity contribution in [1.29, 1.82) is 0 Å². The van der Waals surface area contributed by atoms with Crippen LogP contribution in [0.25, 0.3) is 22.2 Å². The number of nitrogens with two attached hydrogens (primary N) is 1. The summed E-state index contributed by atoms with van der Waals surface area (Å²) < 4.78 is 0. The van der Waals surface area contributed by atoms with Crippen molar-refractivity contribution in [1.82, 2.24) is 30.8 Å². The minimum Gasteiger partial charge on any atom is -0.382 e. The summed E-state index contributed by atoms with van der Waals surface area (Å²) >= 11 is 14.4. The van der Waals surface area contributed by atoms with Gasteiger partial charge in [-0.25, -0.2) is 9.78 Å². The Kier molecular flexibility index (Phi) is 7.78. The predicted octanol–water partition coefficient (Wildman–Crippen LogP) is 6.35. The molecule has 2 heterocycles. The molecule has 0 radical (unpaired) electrons. The Labute approximate surface area is 233 Å². The van der Waals surface area contributed by atoms with E-state index in [9.17, 15) is 4.79 Å². The fourth-order valence-corrected chi connectivity index (χ4v) is 5.29. The number of nitrogens with zero attached hydrogens (tertiary/aromatic N) is 2. The van der Waals surface area contributed by atoms with Gasteiger partial charge in [0.05, 0.1) is 11.6 Å². The molecule has 0 spiro atoms. The fourth-order valence-electron chi connectivity index (χ4n) is 4.25. The molecule has 0 saturated heterocycles. The minimum atomic E-state index is -0.463. The number of hydrogen-bond acceptors (Lipinski definition) is 5. The standard InChI is InChI=1S/C27H25Cl2N7OS/c1-38-22-10-8-18(28)12-17(22)14-31-27(37)32-21(11-15-5-3-2-4-6-15)26-33-23(24(29)34-26)16-7-9-19-20(13-16)35-36-25(19)30/h2-10,12-13,21H,11,14H2,1H3,(H,33,34)(H3,30,35,36)(H2,31,32,37). The molecule has 5 aromatic rings. The number of fused-ring (bicyclic) bond motifs is 1. The third kappa shape index (κ3) is 5.75. The van der Waals surface area contributed by atoms with Crippen molar-refractivity contribution < 1.29 is 4.79 Å². The molecule has 0 bridgehead atoms. The molecule has 11 heteroatoms. The van der Waals surface area contributed by atoms with E-state index in [4.69, 9.17) is 33.9 Å². The van der Waals surface area contributed by atoms with E-state index < -0.39 is 6.04 Å². The molecule has 8 nitrogen and oxygen atoms in total. The highest BCUT2D eigenvalue weighted by Gasteiger charge is 2.22. The van der Waals surface area contributed by atoms with Crippen LogP contribution >= 0.6 is 35.0 Å². The molecule has 0 aliphatic carbocycles. The summed E-state index contributed by atoms with van der Waals surface area (Å²) in [4.78, 5) is 22.0. The molecule has 2 aromatic heterocycles. The van der Waals surface area contributed by atoms with Crippen LogP contribution in [0.2, 0.25) is 10.2 Å². The van der Waals surface area contributed by atoms with Gasteiger partial charge in [-0.3, -0.25) is 5.10 Å². The molecular weight excluding hydrogens is 541 g/mol. The molecule has 2 amide bonds. The van der Waals surface area contributed by atoms with Gasteiger partial charge in [0.1, 0.15) is 16.7 Å². The second kappa shape index (κ2) is 11.4. The maximum absolute atomic E-state index is 13.0. The van der Waals surface area contributed by atoms with Crippen LogP contribution in [0.15, 0.2) is 71.6 Å². The summed E-state index contributed by atoms with van der Waals surface area (Å²) in [5, 5.41) is 14.8. The summed E-state index contributed by atoms with van der Waals surface area (Å²) in [7, 11) is 0. The Hall–Kier alpha value is -3.66. The molecule has 6 N–H and O–H groups in total. The number of thioether (sulfide) groups is 1. The lowest BCUT2D eigenvalue weighted by Crippen LogP contribution is -2.38. The molecule has 0 saturated carbocycles. The molecule has 1 atom stereocenters. The number of aromatic nitrogens is 4. The van der Waals surface area contributed by atoms with Gasteiger partial charge in [-0.15, -0.1) is 11.8 Å². The van der Waals surface area contributed by atoms with Gasteiger partial charge in [-0.2, -0.15) is 5.10 Å². The molecule has 194 valence electrons. The van der Waals surface area contributed by atoms with Crippen LogP contribution in [0.1, 0.15) is 23.0 Å². The van der Waals surface area contributed by atoms with Gasteiger partial charge in [0.2, 0.25) is 0 Å². The number of imidazole rings is 1. The van der Waals surface area contributed by atoms with Gasteiger partial charge in [0, 0.05) is 27.4 Å². The third-order valence-corrected chi connectivity index (χ3v) is 7.49. The maximum Gasteiger partial charge on any atom is 0.315 e. The zero-order valence-corrected chi connectivity index (χ0v) is 22.7. The third-order valence-electron chi connectivity index (χ3n) is 6.14. The van der Waals surface area contributed by atoms with E-state index in [1.165, 1.54) is 0 Å². The summed E-state index contributed by atoms with van der Waals surface area (Å²) in [5.41, 5.74) is 10.0. The topological polar surface area (TPSA) is 125 Å². The summed E-state index contributed by atoms with van der Waals surface area (Å²) in [5.74, 6) is 0.974. The van der Waals surface area contributed by atoms with Crippen LogP contribution in [-0.4, -0.2) is 32.5 Å². The second-order valence-corrected chi connectivity index (χ2v) is 10.3. The van der Waals surface area contributed by atoms with Crippen molar-refractivity contribution in [2.75, 3.05) is 12.0 Å². The van der Waals surface area contributed by atoms with Gasteiger partial charge in [0.15, 0.2) is 5.82 Å². The Morgan fingerprint density at radius 3 is 2.71 bits per heavy atom. The van der Waals surface area contributed by atoms with Gasteiger partial charge in [0.25, 0.3) is 0 Å². The monoisotopic (exact) mass is 565 g/mol. The molecule has 0 aliphatic heterocycles. The lowest BCUT2D eigenvalue weighted by Gasteiger charge is -2.18. The zero-order chi connectivity index (χ0) is 26.6. The number of nitrogen functional groups attached to an aromatic ring is 1. The van der Waals surface area contributed by atoms with Crippen LogP contribution < -0.4 is 16.4 Å². The van der Waals surface area contributed by atoms with Crippen LogP contribution in [0, 0.1) is 0 Å². The first kappa shape index (κ1) is 26.0. The lowest BCUT2D eigenvalue weighted by molar-refractivity contribution is 0.236. The van der Waals surface area contributed by atoms with Crippen molar-refractivity contribution in [3.05, 3.63) is 93.9 Å². The average molecular weight is 567 g/mol. The lowest BCUT2D eigenvalue weighted by atomic mass is 10.1. The van der Waals surface area contributed by atoms with Crippen molar-refractivity contribution in [3.8, 4) is 11.3 Å². The number of anilines is 1. The number of rotatable bonds is 8. The van der Waals surface area contributed by atoms with Crippen LogP contribution in [0.3, 0.4) is 0 Å². The minimum absolute atomic E-state index is 0.331. The number of halogens is 2. The molecule has 38 heavy (non-hydrogen) atoms. The number of urea groups is 1. The van der Waals surface area contributed by atoms with E-state index in [0.29, 0.717) is 40.5 Å². The molecule has 3 aromatic carbocycles. The van der Waals surface area contributed by atoms with Crippen molar-refractivity contribution >= 4 is 57.7 Å². The van der Waals surface area contributed by atoms with Gasteiger partial charge in [-0.05, 0) is 54.1 Å². The van der Waals surface area contributed by atoms with Crippen molar-refractivity contribution in [2.45, 2.75) is 23.9 Å². The molecular formula is C27H25Cl2N7OS. The van der Waals surface area contributed by atoms with E-state index in [1.807, 2.05) is 73.0 Å². The highest BCUT2D eigenvalue weighted by atomic mass is 35.5. The fraction of sp³-hybridized carbons (Fsp3) is 0.148. The number of hydrogen-bond donors (Lipinski definition) is 5. The van der Waals surface area contributed by atoms with Crippen LogP contribution in [0.4, 0.5) is 10.6 Å². The molecule has 0 fully saturated rings. The molecule has 0 aliphatic rings. The highest BCUT2D eigenvalue weighted by molar-refractivity contribution is 7.98. The number of benzene rings is 3. The maximum atomic E-state index is 13.0. The first-order valence-electron chi connectivity index (χ1n) is 11.8. The summed E-state index contributed by atoms with van der Waals surface area (Å²) in [6.07, 6.45) is 2.50. The van der Waals surface area contributed by atoms with Gasteiger partial charge in [-0.1, -0.05) is 59.6 Å². The van der Waals surface area contributed by atoms with Gasteiger partial charge < -0.3 is 21.4 Å². The number of aromatic amines is 2. The number of nitrogens with one attached hydrogen (secondary N) is 4. The Balaban J connectivity index is 1.39. The molecule has 5 rings (SSSR count). The van der Waals surface area contributed by atoms with E-state index in [1.54, 1.807) is 11.8 Å². The Morgan fingerprint density at radius 2 is 1.92 bits per heavy atom. The Morgan fingerprint density at radius 1 is 1.11 bits per heavy atom. The van der Waals surface area contributed by atoms with E-state index >= 15 is 0 Å². The first-order valence-corrected chi connectivity index (χ1v) is 13.8. The van der Waals surface area contributed by atoms with E-state index in [2.05, 4.69) is 25.8 Å². The quantitative estimate of drug-likeness (QED) is 0.140. The Bertz CT molecular complexity index is 1590. The smallest absolute Gasteiger partial charge is 0.315 e. The normalized spacial score (nSPS) is 12.0. The number of carbonyl (C=O) groups is 1. The number of amides is 2. The first-order chi connectivity index (χ1) is 18.4. The second-order valence-electron chi connectivity index (χ2n) is 8.68. The zero-order valence-electron chi connectivity index (χ0n) is 20.4. The SMILES string of the molecule is CSc1ccc(Cl)cc1CNC(=O)NC(Cc1ccccc1)c1nc(-c2ccc3c(N)n[nH]c3c2)c(Cl)[nH]1. The van der Waals surface area contributed by atoms with E-state index in [-0.39, 0.29) is 6.03 Å². The summed E-state index contributed by atoms with van der Waals surface area (Å²) in [6.45, 7) is 0.331. The number of H-pyrrole nitrogens is 2. The van der Waals surface area contributed by atoms with Crippen LogP contribution in [-0.2, 0) is 13.0 Å². The average Bonchev–Trinajstić information content (AvgIpc) is 3.49. The van der Waals surface area contributed by atoms with Gasteiger partial charge >= 0.3 is 6.03 Å². The van der Waals surface area contributed by atoms with Crippen molar-refractivity contribution in [2.24, 2.45) is 0 Å². The van der Waals surface area contributed by atoms with E-state index in [0.717, 1.165) is 32.5 Å². The largest absolute Gasteiger partial charge is 0.382 e. The van der Waals surface area contributed by atoms with Crippen molar-refractivity contribution in [3.63, 3.8) is 0 Å². The highest BCUT2D eigenvalue weighted by Crippen LogP contribution is 2.31. The predicted molar refractivity (Wildman–Crippen MR) is 155 cm³/mol. The molecule has 1 unspecified atom stereocenters. The summed E-state index contributed by atoms with van der Waals surface area (Å²) in [6, 6.07) is 20.4. The number of carbonyl (C=O) groups excluding carboxylic acids is 1.